The minimum absolute atomic E-state index is 0.122. The van der Waals surface area contributed by atoms with E-state index in [0.717, 1.165) is 11.1 Å². The Morgan fingerprint density at radius 2 is 0.684 bits per heavy atom. The predicted molar refractivity (Wildman–Crippen MR) is 143 cm³/mol. The van der Waals surface area contributed by atoms with Crippen LogP contribution >= 0.6 is 0 Å². The van der Waals surface area contributed by atoms with Gasteiger partial charge in [-0.1, -0.05) is 60.7 Å². The average Bonchev–Trinajstić information content (AvgIpc) is 2.97. The number of ether oxygens (including phenoxy) is 4. The zero-order valence-corrected chi connectivity index (χ0v) is 21.3. The monoisotopic (exact) mass is 514 g/mol. The minimum Gasteiger partial charge on any atom is -0.465 e. The van der Waals surface area contributed by atoms with Crippen LogP contribution in [0.3, 0.4) is 0 Å². The molecular formula is C30H26O8. The lowest BCUT2D eigenvalue weighted by atomic mass is 10.0. The van der Waals surface area contributed by atoms with Crippen molar-refractivity contribution in [2.45, 2.75) is 0 Å². The first kappa shape index (κ1) is 27.6. The Balaban J connectivity index is 1.78. The first-order chi connectivity index (χ1) is 18.3. The standard InChI is InChI=1S/C30H26O8/c1-35-27(31)23-15-13-21(17-25(23)29(33)37-3)11-9-19-5-7-20(8-6-19)10-12-22-14-16-24(28(32)36-2)26(18-22)30(34)38-4/h5-18H,1-4H3. The van der Waals surface area contributed by atoms with Crippen molar-refractivity contribution in [1.82, 2.24) is 0 Å². The molecule has 8 nitrogen and oxygen atoms in total. The lowest BCUT2D eigenvalue weighted by molar-refractivity contribution is 0.0555. The van der Waals surface area contributed by atoms with Gasteiger partial charge in [-0.2, -0.15) is 0 Å². The van der Waals surface area contributed by atoms with Crippen LogP contribution in [0, 0.1) is 0 Å². The third-order valence-corrected chi connectivity index (χ3v) is 5.58. The van der Waals surface area contributed by atoms with Gasteiger partial charge in [-0.05, 0) is 46.5 Å². The van der Waals surface area contributed by atoms with Crippen molar-refractivity contribution in [3.05, 3.63) is 105 Å². The van der Waals surface area contributed by atoms with Gasteiger partial charge >= 0.3 is 23.9 Å². The van der Waals surface area contributed by atoms with E-state index in [-0.39, 0.29) is 22.3 Å². The summed E-state index contributed by atoms with van der Waals surface area (Å²) < 4.78 is 19.0. The van der Waals surface area contributed by atoms with E-state index in [1.165, 1.54) is 40.6 Å². The number of methoxy groups -OCH3 is 4. The summed E-state index contributed by atoms with van der Waals surface area (Å²) in [6, 6.07) is 17.3. The molecular weight excluding hydrogens is 488 g/mol. The highest BCUT2D eigenvalue weighted by atomic mass is 16.5. The SMILES string of the molecule is COC(=O)c1ccc(C=Cc2ccc(C=Cc3ccc(C(=O)OC)c(C(=O)OC)c3)cc2)cc1C(=O)OC. The molecule has 0 heterocycles. The van der Waals surface area contributed by atoms with Crippen LogP contribution in [0.1, 0.15) is 63.7 Å². The number of rotatable bonds is 8. The Morgan fingerprint density at radius 3 is 1.00 bits per heavy atom. The van der Waals surface area contributed by atoms with Crippen molar-refractivity contribution in [3.63, 3.8) is 0 Å². The van der Waals surface area contributed by atoms with E-state index in [1.807, 2.05) is 48.6 Å². The quantitative estimate of drug-likeness (QED) is 0.230. The summed E-state index contributed by atoms with van der Waals surface area (Å²) in [4.78, 5) is 48.1. The topological polar surface area (TPSA) is 105 Å². The summed E-state index contributed by atoms with van der Waals surface area (Å²) in [6.07, 6.45) is 7.37. The largest absolute Gasteiger partial charge is 0.465 e. The van der Waals surface area contributed by atoms with E-state index in [2.05, 4.69) is 0 Å². The summed E-state index contributed by atoms with van der Waals surface area (Å²) >= 11 is 0. The second-order valence-electron chi connectivity index (χ2n) is 7.91. The third-order valence-electron chi connectivity index (χ3n) is 5.58. The van der Waals surface area contributed by atoms with Gasteiger partial charge in [0.1, 0.15) is 0 Å². The molecule has 194 valence electrons. The highest BCUT2D eigenvalue weighted by Gasteiger charge is 2.19. The van der Waals surface area contributed by atoms with Crippen LogP contribution in [-0.4, -0.2) is 52.3 Å². The number of carbonyl (C=O) groups excluding carboxylic acids is 4. The van der Waals surface area contributed by atoms with Gasteiger partial charge in [0.15, 0.2) is 0 Å². The van der Waals surface area contributed by atoms with E-state index >= 15 is 0 Å². The second kappa shape index (κ2) is 12.8. The van der Waals surface area contributed by atoms with E-state index in [1.54, 1.807) is 24.3 Å². The van der Waals surface area contributed by atoms with Crippen molar-refractivity contribution in [2.75, 3.05) is 28.4 Å². The van der Waals surface area contributed by atoms with Crippen molar-refractivity contribution in [3.8, 4) is 0 Å². The van der Waals surface area contributed by atoms with Crippen LogP contribution in [-0.2, 0) is 18.9 Å². The number of hydrogen-bond donors (Lipinski definition) is 0. The molecule has 0 unspecified atom stereocenters. The Kier molecular flexibility index (Phi) is 9.31. The molecule has 0 amide bonds. The van der Waals surface area contributed by atoms with Gasteiger partial charge in [-0.15, -0.1) is 0 Å². The molecule has 0 atom stereocenters. The molecule has 0 bridgehead atoms. The number of carbonyl (C=O) groups is 4. The molecule has 0 aliphatic carbocycles. The van der Waals surface area contributed by atoms with Crippen molar-refractivity contribution in [1.29, 1.82) is 0 Å². The highest BCUT2D eigenvalue weighted by Crippen LogP contribution is 2.19. The predicted octanol–water partition coefficient (Wildman–Crippen LogP) is 5.17. The maximum atomic E-state index is 12.1. The smallest absolute Gasteiger partial charge is 0.338 e. The number of benzene rings is 3. The lowest BCUT2D eigenvalue weighted by Gasteiger charge is -2.07. The van der Waals surface area contributed by atoms with Gasteiger partial charge in [0.05, 0.1) is 50.7 Å². The lowest BCUT2D eigenvalue weighted by Crippen LogP contribution is -2.11. The molecule has 0 aromatic heterocycles. The molecule has 0 saturated carbocycles. The Labute approximate surface area is 220 Å². The summed E-state index contributed by atoms with van der Waals surface area (Å²) in [5.74, 6) is -2.50. The molecule has 38 heavy (non-hydrogen) atoms. The van der Waals surface area contributed by atoms with E-state index in [0.29, 0.717) is 11.1 Å². The van der Waals surface area contributed by atoms with Crippen molar-refractivity contribution in [2.24, 2.45) is 0 Å². The fraction of sp³-hybridized carbons (Fsp3) is 0.133. The normalized spacial score (nSPS) is 10.8. The molecule has 3 rings (SSSR count). The molecule has 0 aliphatic heterocycles. The molecule has 3 aromatic rings. The summed E-state index contributed by atoms with van der Waals surface area (Å²) in [7, 11) is 4.99. The second-order valence-corrected chi connectivity index (χ2v) is 7.91. The Bertz CT molecular complexity index is 1310. The molecule has 0 aliphatic rings. The zero-order valence-electron chi connectivity index (χ0n) is 21.3. The van der Waals surface area contributed by atoms with Crippen LogP contribution in [0.25, 0.3) is 24.3 Å². The minimum atomic E-state index is -0.629. The van der Waals surface area contributed by atoms with Crippen LogP contribution in [0.2, 0.25) is 0 Å². The van der Waals surface area contributed by atoms with E-state index < -0.39 is 23.9 Å². The molecule has 3 aromatic carbocycles. The first-order valence-electron chi connectivity index (χ1n) is 11.4. The van der Waals surface area contributed by atoms with Crippen LogP contribution < -0.4 is 0 Å². The van der Waals surface area contributed by atoms with Crippen molar-refractivity contribution < 1.29 is 38.1 Å². The molecule has 0 radical (unpaired) electrons. The Morgan fingerprint density at radius 1 is 0.421 bits per heavy atom. The fourth-order valence-corrected chi connectivity index (χ4v) is 3.57. The number of esters is 4. The van der Waals surface area contributed by atoms with Gasteiger partial charge in [0.2, 0.25) is 0 Å². The molecule has 0 fully saturated rings. The average molecular weight is 515 g/mol. The molecule has 0 saturated heterocycles. The summed E-state index contributed by atoms with van der Waals surface area (Å²) in [5.41, 5.74) is 3.74. The maximum absolute atomic E-state index is 12.1. The van der Waals surface area contributed by atoms with Gasteiger partial charge < -0.3 is 18.9 Å². The van der Waals surface area contributed by atoms with Crippen molar-refractivity contribution >= 4 is 48.2 Å². The van der Waals surface area contributed by atoms with Gasteiger partial charge in [0.25, 0.3) is 0 Å². The fourth-order valence-electron chi connectivity index (χ4n) is 3.57. The van der Waals surface area contributed by atoms with E-state index in [4.69, 9.17) is 18.9 Å². The van der Waals surface area contributed by atoms with Crippen LogP contribution in [0.15, 0.2) is 60.7 Å². The molecule has 0 N–H and O–H groups in total. The molecule has 8 heteroatoms. The Hall–Kier alpha value is -4.98. The van der Waals surface area contributed by atoms with Gasteiger partial charge in [-0.25, -0.2) is 19.2 Å². The third kappa shape index (κ3) is 6.61. The highest BCUT2D eigenvalue weighted by molar-refractivity contribution is 6.04. The molecule has 0 spiro atoms. The summed E-state index contributed by atoms with van der Waals surface area (Å²) in [5, 5.41) is 0. The number of hydrogen-bond acceptors (Lipinski definition) is 8. The van der Waals surface area contributed by atoms with Crippen LogP contribution in [0.5, 0.6) is 0 Å². The van der Waals surface area contributed by atoms with E-state index in [9.17, 15) is 19.2 Å². The van der Waals surface area contributed by atoms with Gasteiger partial charge in [0, 0.05) is 0 Å². The van der Waals surface area contributed by atoms with Gasteiger partial charge in [-0.3, -0.25) is 0 Å². The first-order valence-corrected chi connectivity index (χ1v) is 11.4. The summed E-state index contributed by atoms with van der Waals surface area (Å²) in [6.45, 7) is 0. The van der Waals surface area contributed by atoms with Crippen LogP contribution in [0.4, 0.5) is 0 Å². The maximum Gasteiger partial charge on any atom is 0.338 e. The zero-order chi connectivity index (χ0) is 27.7.